The minimum atomic E-state index is -3.87. The lowest BCUT2D eigenvalue weighted by Crippen LogP contribution is -2.23. The lowest BCUT2D eigenvalue weighted by Gasteiger charge is -2.11. The van der Waals surface area contributed by atoms with Gasteiger partial charge >= 0.3 is 5.97 Å². The van der Waals surface area contributed by atoms with Crippen LogP contribution in [0.2, 0.25) is 0 Å². The number of nitrogens with one attached hydrogen (secondary N) is 1. The molecule has 6 nitrogen and oxygen atoms in total. The Bertz CT molecular complexity index is 512. The van der Waals surface area contributed by atoms with E-state index in [1.165, 1.54) is 0 Å². The second-order valence-electron chi connectivity index (χ2n) is 3.65. The highest BCUT2D eigenvalue weighted by Gasteiger charge is 2.16. The molecule has 1 aromatic rings. The van der Waals surface area contributed by atoms with Gasteiger partial charge in [0.1, 0.15) is 0 Å². The van der Waals surface area contributed by atoms with Crippen LogP contribution in [0.3, 0.4) is 0 Å². The van der Waals surface area contributed by atoms with Gasteiger partial charge in [0.05, 0.1) is 12.3 Å². The molecule has 100 valence electrons. The zero-order valence-corrected chi connectivity index (χ0v) is 10.7. The van der Waals surface area contributed by atoms with E-state index in [-0.39, 0.29) is 0 Å². The number of sulfonamides is 1. The molecule has 0 heterocycles. The Labute approximate surface area is 106 Å². The lowest BCUT2D eigenvalue weighted by atomic mass is 10.1. The topological polar surface area (TPSA) is 92.7 Å². The summed E-state index contributed by atoms with van der Waals surface area (Å²) in [5.41, 5.74) is 1.14. The summed E-state index contributed by atoms with van der Waals surface area (Å²) in [5.74, 6) is -2.34. The fourth-order valence-electron chi connectivity index (χ4n) is 1.42. The molecule has 0 saturated heterocycles. The highest BCUT2D eigenvalue weighted by molar-refractivity contribution is 7.93. The van der Waals surface area contributed by atoms with Crippen molar-refractivity contribution in [2.24, 2.45) is 0 Å². The third-order valence-electron chi connectivity index (χ3n) is 2.17. The Kier molecular flexibility index (Phi) is 5.11. The van der Waals surface area contributed by atoms with Crippen molar-refractivity contribution in [1.29, 1.82) is 0 Å². The molecule has 0 aliphatic heterocycles. The molecule has 7 heteroatoms. The van der Waals surface area contributed by atoms with Crippen LogP contribution in [0.5, 0.6) is 0 Å². The number of methoxy groups -OCH3 is 1. The number of carboxylic acids is 1. The number of para-hydroxylation sites is 1. The maximum atomic E-state index is 11.5. The van der Waals surface area contributed by atoms with Crippen molar-refractivity contribution in [2.75, 3.05) is 24.2 Å². The van der Waals surface area contributed by atoms with Gasteiger partial charge in [0, 0.05) is 7.11 Å². The molecule has 0 amide bonds. The third-order valence-corrected chi connectivity index (χ3v) is 3.33. The van der Waals surface area contributed by atoms with Gasteiger partial charge < -0.3 is 9.84 Å². The monoisotopic (exact) mass is 273 g/mol. The molecule has 0 unspecified atom stereocenters. The molecule has 0 fully saturated rings. The Morgan fingerprint density at radius 1 is 1.39 bits per heavy atom. The minimum absolute atomic E-state index is 0.385. The zero-order chi connectivity index (χ0) is 13.6. The number of carboxylic acid groups (broad SMARTS) is 1. The molecular weight excluding hydrogens is 258 g/mol. The summed E-state index contributed by atoms with van der Waals surface area (Å²) >= 11 is 0. The van der Waals surface area contributed by atoms with Gasteiger partial charge in [-0.3, -0.25) is 9.52 Å². The van der Waals surface area contributed by atoms with E-state index < -0.39 is 21.7 Å². The van der Waals surface area contributed by atoms with E-state index in [0.29, 0.717) is 18.7 Å². The highest BCUT2D eigenvalue weighted by Crippen LogP contribution is 2.17. The molecule has 0 aliphatic carbocycles. The summed E-state index contributed by atoms with van der Waals surface area (Å²) in [5, 5.41) is 8.50. The van der Waals surface area contributed by atoms with Crippen LogP contribution < -0.4 is 4.72 Å². The van der Waals surface area contributed by atoms with E-state index in [9.17, 15) is 13.2 Å². The van der Waals surface area contributed by atoms with Crippen molar-refractivity contribution in [3.05, 3.63) is 29.8 Å². The first-order valence-corrected chi connectivity index (χ1v) is 6.89. The SMILES string of the molecule is COCCc1ccccc1NS(=O)(=O)CC(=O)O. The van der Waals surface area contributed by atoms with Crippen LogP contribution >= 0.6 is 0 Å². The number of benzene rings is 1. The molecule has 0 aromatic heterocycles. The second-order valence-corrected chi connectivity index (χ2v) is 5.38. The second kappa shape index (κ2) is 6.36. The highest BCUT2D eigenvalue weighted by atomic mass is 32.2. The van der Waals surface area contributed by atoms with E-state index >= 15 is 0 Å². The van der Waals surface area contributed by atoms with Gasteiger partial charge in [-0.05, 0) is 18.1 Å². The quantitative estimate of drug-likeness (QED) is 0.763. The van der Waals surface area contributed by atoms with E-state index in [1.807, 2.05) is 0 Å². The molecule has 0 saturated carbocycles. The molecule has 0 aliphatic rings. The summed E-state index contributed by atoms with van der Waals surface area (Å²) in [6.45, 7) is 0.456. The average Bonchev–Trinajstić information content (AvgIpc) is 2.25. The Morgan fingerprint density at radius 2 is 2.06 bits per heavy atom. The van der Waals surface area contributed by atoms with Crippen LogP contribution in [-0.4, -0.2) is 39.0 Å². The first-order valence-electron chi connectivity index (χ1n) is 5.24. The smallest absolute Gasteiger partial charge is 0.320 e. The van der Waals surface area contributed by atoms with E-state index in [4.69, 9.17) is 9.84 Å². The molecule has 18 heavy (non-hydrogen) atoms. The van der Waals surface area contributed by atoms with Gasteiger partial charge in [0.15, 0.2) is 5.75 Å². The normalized spacial score (nSPS) is 11.2. The Morgan fingerprint density at radius 3 is 2.67 bits per heavy atom. The van der Waals surface area contributed by atoms with Crippen LogP contribution in [0, 0.1) is 0 Å². The van der Waals surface area contributed by atoms with Gasteiger partial charge in [-0.1, -0.05) is 18.2 Å². The van der Waals surface area contributed by atoms with E-state index in [2.05, 4.69) is 4.72 Å². The predicted molar refractivity (Wildman–Crippen MR) is 67.1 cm³/mol. The van der Waals surface area contributed by atoms with Crippen LogP contribution in [0.15, 0.2) is 24.3 Å². The summed E-state index contributed by atoms with van der Waals surface area (Å²) in [6, 6.07) is 6.80. The first kappa shape index (κ1) is 14.5. The molecule has 0 bridgehead atoms. The maximum Gasteiger partial charge on any atom is 0.320 e. The average molecular weight is 273 g/mol. The lowest BCUT2D eigenvalue weighted by molar-refractivity contribution is -0.134. The van der Waals surface area contributed by atoms with Crippen LogP contribution in [-0.2, 0) is 26.0 Å². The van der Waals surface area contributed by atoms with Crippen molar-refractivity contribution in [3.63, 3.8) is 0 Å². The van der Waals surface area contributed by atoms with Crippen molar-refractivity contribution >= 4 is 21.7 Å². The molecular formula is C11H15NO5S. The summed E-state index contributed by atoms with van der Waals surface area (Å²) in [7, 11) is -2.32. The largest absolute Gasteiger partial charge is 0.480 e. The standard InChI is InChI=1S/C11H15NO5S/c1-17-7-6-9-4-2-3-5-10(9)12-18(15,16)8-11(13)14/h2-5,12H,6-8H2,1H3,(H,13,14). The number of hydrogen-bond donors (Lipinski definition) is 2. The van der Waals surface area contributed by atoms with Gasteiger partial charge in [-0.15, -0.1) is 0 Å². The van der Waals surface area contributed by atoms with E-state index in [1.54, 1.807) is 31.4 Å². The molecule has 2 N–H and O–H groups in total. The number of carbonyl (C=O) groups is 1. The van der Waals surface area contributed by atoms with Gasteiger partial charge in [0.25, 0.3) is 0 Å². The molecule has 0 spiro atoms. The Hall–Kier alpha value is -1.60. The van der Waals surface area contributed by atoms with Crippen molar-refractivity contribution in [3.8, 4) is 0 Å². The summed E-state index contributed by atoms with van der Waals surface area (Å²) < 4.78 is 30.2. The number of anilines is 1. The van der Waals surface area contributed by atoms with Crippen LogP contribution in [0.4, 0.5) is 5.69 Å². The summed E-state index contributed by atoms with van der Waals surface area (Å²) in [6.07, 6.45) is 0.544. The third kappa shape index (κ3) is 4.72. The van der Waals surface area contributed by atoms with Crippen LogP contribution in [0.25, 0.3) is 0 Å². The number of hydrogen-bond acceptors (Lipinski definition) is 4. The first-order chi connectivity index (χ1) is 8.44. The van der Waals surface area contributed by atoms with Gasteiger partial charge in [0.2, 0.25) is 10.0 Å². The van der Waals surface area contributed by atoms with Crippen molar-refractivity contribution in [2.45, 2.75) is 6.42 Å². The molecule has 1 aromatic carbocycles. The van der Waals surface area contributed by atoms with Crippen molar-refractivity contribution < 1.29 is 23.1 Å². The zero-order valence-electron chi connectivity index (χ0n) is 9.92. The van der Waals surface area contributed by atoms with Crippen LogP contribution in [0.1, 0.15) is 5.56 Å². The van der Waals surface area contributed by atoms with Gasteiger partial charge in [-0.2, -0.15) is 0 Å². The number of ether oxygens (including phenoxy) is 1. The molecule has 0 radical (unpaired) electrons. The predicted octanol–water partition coefficient (Wildman–Crippen LogP) is 0.702. The van der Waals surface area contributed by atoms with Crippen molar-refractivity contribution in [1.82, 2.24) is 0 Å². The fourth-order valence-corrected chi connectivity index (χ4v) is 2.35. The molecule has 0 atom stereocenters. The number of aliphatic carboxylic acids is 1. The maximum absolute atomic E-state index is 11.5. The van der Waals surface area contributed by atoms with Gasteiger partial charge in [-0.25, -0.2) is 8.42 Å². The minimum Gasteiger partial charge on any atom is -0.480 e. The summed E-state index contributed by atoms with van der Waals surface area (Å²) in [4.78, 5) is 10.4. The molecule has 1 rings (SSSR count). The number of rotatable bonds is 7. The fraction of sp³-hybridized carbons (Fsp3) is 0.364. The Balaban J connectivity index is 2.86. The van der Waals surface area contributed by atoms with E-state index in [0.717, 1.165) is 5.56 Å².